The maximum absolute atomic E-state index is 4.91. The smallest absolute Gasteiger partial charge is 1.00 e. The molecule has 0 aliphatic carbocycles. The summed E-state index contributed by atoms with van der Waals surface area (Å²) in [6.07, 6.45) is 4.08. The first-order chi connectivity index (χ1) is 5.35. The van der Waals surface area contributed by atoms with Crippen LogP contribution in [0, 0.1) is 0 Å². The maximum atomic E-state index is 4.91. The molecule has 0 saturated carbocycles. The van der Waals surface area contributed by atoms with E-state index in [0.29, 0.717) is 0 Å². The molecule has 1 nitrogen and oxygen atoms in total. The third-order valence-corrected chi connectivity index (χ3v) is 0.979. The Morgan fingerprint density at radius 1 is 1.17 bits per heavy atom. The van der Waals surface area contributed by atoms with Gasteiger partial charge in [-0.1, -0.05) is 18.2 Å². The molecular formula is C9H15FOS. The summed E-state index contributed by atoms with van der Waals surface area (Å²) in [5.74, 6) is 0.910. The molecule has 0 N–H and O–H groups in total. The van der Waals surface area contributed by atoms with Crippen molar-refractivity contribution >= 4 is 11.8 Å². The molecule has 1 aromatic carbocycles. The Labute approximate surface area is 79.0 Å². The van der Waals surface area contributed by atoms with Gasteiger partial charge in [-0.25, -0.2) is 0 Å². The topological polar surface area (TPSA) is 9.23 Å². The highest BCUT2D eigenvalue weighted by atomic mass is 32.2. The fourth-order valence-corrected chi connectivity index (χ4v) is 0.557. The third kappa shape index (κ3) is 7.41. The van der Waals surface area contributed by atoms with Crippen LogP contribution in [0.25, 0.3) is 0 Å². The Hall–Kier alpha value is -0.700. The molecule has 3 heteroatoms. The van der Waals surface area contributed by atoms with Crippen LogP contribution in [0.2, 0.25) is 0 Å². The highest BCUT2D eigenvalue weighted by Crippen LogP contribution is 2.05. The number of methoxy groups -OCH3 is 1. The number of para-hydroxylation sites is 1. The third-order valence-electron chi connectivity index (χ3n) is 0.979. The van der Waals surface area contributed by atoms with E-state index in [4.69, 9.17) is 4.74 Å². The van der Waals surface area contributed by atoms with Gasteiger partial charge in [0.1, 0.15) is 5.75 Å². The molecule has 1 rings (SSSR count). The van der Waals surface area contributed by atoms with Gasteiger partial charge in [-0.15, -0.1) is 0 Å². The summed E-state index contributed by atoms with van der Waals surface area (Å²) in [6, 6.07) is 9.68. The number of thioether (sulfide) groups is 1. The second-order valence-electron chi connectivity index (χ2n) is 1.93. The quantitative estimate of drug-likeness (QED) is 0.606. The van der Waals surface area contributed by atoms with E-state index >= 15 is 0 Å². The van der Waals surface area contributed by atoms with Gasteiger partial charge >= 0.3 is 1.43 Å². The molecule has 70 valence electrons. The normalized spacial score (nSPS) is 7.25. The molecule has 1 aromatic rings. The minimum Gasteiger partial charge on any atom is -1.00 e. The van der Waals surface area contributed by atoms with E-state index in [1.807, 2.05) is 42.8 Å². The van der Waals surface area contributed by atoms with Gasteiger partial charge in [-0.3, -0.25) is 0 Å². The minimum absolute atomic E-state index is 0. The van der Waals surface area contributed by atoms with E-state index in [9.17, 15) is 0 Å². The Morgan fingerprint density at radius 2 is 1.58 bits per heavy atom. The molecule has 0 fully saturated rings. The highest BCUT2D eigenvalue weighted by Gasteiger charge is 1.80. The first kappa shape index (κ1) is 13.9. The first-order valence-electron chi connectivity index (χ1n) is 3.34. The van der Waals surface area contributed by atoms with Gasteiger partial charge in [-0.2, -0.15) is 11.8 Å². The standard InChI is InChI=1S/C7H8O.C2H6S.FH/c1-8-7-5-3-2-4-6-7;1-3-2;/h2-6H,1H3;1-2H3;1H. The second kappa shape index (κ2) is 10.3. The van der Waals surface area contributed by atoms with Crippen molar-refractivity contribution in [2.24, 2.45) is 0 Å². The molecule has 0 radical (unpaired) electrons. The van der Waals surface area contributed by atoms with Crippen molar-refractivity contribution in [3.05, 3.63) is 30.3 Å². The molecule has 0 aliphatic heterocycles. The molecule has 0 aliphatic rings. The predicted molar refractivity (Wildman–Crippen MR) is 53.5 cm³/mol. The van der Waals surface area contributed by atoms with E-state index in [2.05, 4.69) is 0 Å². The van der Waals surface area contributed by atoms with Crippen molar-refractivity contribution in [3.8, 4) is 5.75 Å². The maximum Gasteiger partial charge on any atom is 1.00 e. The number of rotatable bonds is 1. The number of ether oxygens (including phenoxy) is 1. The summed E-state index contributed by atoms with van der Waals surface area (Å²) in [5, 5.41) is 0. The van der Waals surface area contributed by atoms with Gasteiger partial charge in [0, 0.05) is 0 Å². The molecule has 0 saturated heterocycles. The van der Waals surface area contributed by atoms with Crippen LogP contribution in [0.3, 0.4) is 0 Å². The second-order valence-corrected chi connectivity index (χ2v) is 2.74. The van der Waals surface area contributed by atoms with Crippen molar-refractivity contribution < 1.29 is 10.9 Å². The van der Waals surface area contributed by atoms with Crippen molar-refractivity contribution in [3.63, 3.8) is 0 Å². The van der Waals surface area contributed by atoms with Gasteiger partial charge in [-0.05, 0) is 24.6 Å². The Morgan fingerprint density at radius 3 is 1.83 bits per heavy atom. The van der Waals surface area contributed by atoms with Crippen LogP contribution in [-0.4, -0.2) is 19.6 Å². The van der Waals surface area contributed by atoms with Gasteiger partial charge in [0.2, 0.25) is 0 Å². The molecule has 0 bridgehead atoms. The van der Waals surface area contributed by atoms with Crippen molar-refractivity contribution in [2.45, 2.75) is 0 Å². The first-order valence-corrected chi connectivity index (χ1v) is 4.97. The molecule has 0 unspecified atom stereocenters. The summed E-state index contributed by atoms with van der Waals surface area (Å²) < 4.78 is 4.91. The Kier molecular flexibility index (Phi) is 11.9. The average molecular weight is 190 g/mol. The summed E-state index contributed by atoms with van der Waals surface area (Å²) in [5.41, 5.74) is 0. The van der Waals surface area contributed by atoms with Crippen LogP contribution < -0.4 is 9.44 Å². The van der Waals surface area contributed by atoms with Gasteiger partial charge in [0.05, 0.1) is 7.11 Å². The molecule has 0 heterocycles. The zero-order valence-corrected chi connectivity index (χ0v) is 8.40. The predicted octanol–water partition coefficient (Wildman–Crippen LogP) is -0.209. The minimum atomic E-state index is 0. The highest BCUT2D eigenvalue weighted by molar-refractivity contribution is 7.97. The lowest BCUT2D eigenvalue weighted by atomic mass is 10.3. The largest absolute Gasteiger partial charge is 1.00 e. The Bertz CT molecular complexity index is 173. The molecular weight excluding hydrogens is 175 g/mol. The van der Waals surface area contributed by atoms with E-state index in [1.165, 1.54) is 0 Å². The number of benzene rings is 1. The monoisotopic (exact) mass is 190 g/mol. The van der Waals surface area contributed by atoms with Crippen LogP contribution in [0.4, 0.5) is 0 Å². The summed E-state index contributed by atoms with van der Waals surface area (Å²) in [6.45, 7) is 0. The molecule has 0 spiro atoms. The summed E-state index contributed by atoms with van der Waals surface area (Å²) in [4.78, 5) is 0. The summed E-state index contributed by atoms with van der Waals surface area (Å²) in [7, 11) is 1.66. The van der Waals surface area contributed by atoms with Crippen LogP contribution >= 0.6 is 11.8 Å². The van der Waals surface area contributed by atoms with Gasteiger partial charge < -0.3 is 9.44 Å². The lowest BCUT2D eigenvalue weighted by Crippen LogP contribution is -3.00. The van der Waals surface area contributed by atoms with Gasteiger partial charge in [0.15, 0.2) is 0 Å². The van der Waals surface area contributed by atoms with Crippen molar-refractivity contribution in [2.75, 3.05) is 19.6 Å². The SMILES string of the molecule is COc1ccccc1.CSC.[F-].[H+]. The van der Waals surface area contributed by atoms with Crippen LogP contribution in [-0.2, 0) is 0 Å². The lowest BCUT2D eigenvalue weighted by Gasteiger charge is -1.93. The van der Waals surface area contributed by atoms with Crippen molar-refractivity contribution in [1.29, 1.82) is 0 Å². The van der Waals surface area contributed by atoms with Crippen LogP contribution in [0.1, 0.15) is 1.43 Å². The Balaban J connectivity index is -0.000000180. The van der Waals surface area contributed by atoms with Crippen LogP contribution in [0.15, 0.2) is 30.3 Å². The van der Waals surface area contributed by atoms with Gasteiger partial charge in [0.25, 0.3) is 0 Å². The zero-order chi connectivity index (χ0) is 8.53. The van der Waals surface area contributed by atoms with Crippen LogP contribution in [0.5, 0.6) is 5.75 Å². The van der Waals surface area contributed by atoms with E-state index in [0.717, 1.165) is 5.75 Å². The van der Waals surface area contributed by atoms with E-state index in [1.54, 1.807) is 18.9 Å². The molecule has 12 heavy (non-hydrogen) atoms. The van der Waals surface area contributed by atoms with Crippen molar-refractivity contribution in [1.82, 2.24) is 0 Å². The van der Waals surface area contributed by atoms with E-state index in [-0.39, 0.29) is 6.13 Å². The molecule has 0 amide bonds. The fraction of sp³-hybridized carbons (Fsp3) is 0.333. The number of hydrogen-bond donors (Lipinski definition) is 0. The number of halogens is 1. The van der Waals surface area contributed by atoms with E-state index < -0.39 is 0 Å². The molecule has 0 aromatic heterocycles. The summed E-state index contributed by atoms with van der Waals surface area (Å²) >= 11 is 1.75. The number of hydrogen-bond acceptors (Lipinski definition) is 2. The zero-order valence-electron chi connectivity index (χ0n) is 8.58. The molecule has 0 atom stereocenters. The average Bonchev–Trinajstić information content (AvgIpc) is 2.08. The fourth-order valence-electron chi connectivity index (χ4n) is 0.557. The lowest BCUT2D eigenvalue weighted by molar-refractivity contribution is -0.00000269.